The minimum atomic E-state index is -0.0772. The Morgan fingerprint density at radius 2 is 2.00 bits per heavy atom. The third kappa shape index (κ3) is 4.91. The van der Waals surface area contributed by atoms with Gasteiger partial charge in [-0.3, -0.25) is 0 Å². The monoisotopic (exact) mass is 231 g/mol. The van der Waals surface area contributed by atoms with Gasteiger partial charge in [0.2, 0.25) is 0 Å². The van der Waals surface area contributed by atoms with Crippen molar-refractivity contribution in [3.05, 3.63) is 13.2 Å². The maximum absolute atomic E-state index is 10.4. The van der Waals surface area contributed by atoms with Gasteiger partial charge in [-0.05, 0) is 12.2 Å². The molecule has 0 unspecified atom stereocenters. The first-order valence-corrected chi connectivity index (χ1v) is 3.25. The van der Waals surface area contributed by atoms with Crippen LogP contribution in [0.25, 0.3) is 0 Å². The van der Waals surface area contributed by atoms with Crippen LogP contribution in [0.3, 0.4) is 0 Å². The fraction of sp³-hybridized carbons (Fsp3) is 0.571. The molecule has 11 heavy (non-hydrogen) atoms. The molecular weight excluding hydrogens is 221 g/mol. The van der Waals surface area contributed by atoms with Crippen LogP contribution in [0.4, 0.5) is 0 Å². The molecule has 0 saturated carbocycles. The molecule has 1 aliphatic heterocycles. The van der Waals surface area contributed by atoms with Crippen molar-refractivity contribution in [3.8, 4) is 0 Å². The Morgan fingerprint density at radius 3 is 2.45 bits per heavy atom. The van der Waals surface area contributed by atoms with E-state index in [1.54, 1.807) is 0 Å². The molecule has 1 rings (SSSR count). The molecule has 0 aromatic rings. The van der Waals surface area contributed by atoms with Gasteiger partial charge in [0.15, 0.2) is 0 Å². The summed E-state index contributed by atoms with van der Waals surface area (Å²) >= 11 is 0. The second-order valence-electron chi connectivity index (χ2n) is 2.11. The molecule has 0 bridgehead atoms. The number of carbonyl (C=O) groups excluding carboxylic acids is 1. The summed E-state index contributed by atoms with van der Waals surface area (Å²) in [6.07, 6.45) is 1.55. The Labute approximate surface area is 91.7 Å². The molecule has 0 aromatic heterocycles. The molecule has 3 nitrogen and oxygen atoms in total. The molecule has 0 spiro atoms. The smallest absolute Gasteiger partial charge is 0.0346 e. The van der Waals surface area contributed by atoms with Gasteiger partial charge in [-0.15, -0.1) is 6.42 Å². The first-order valence-electron chi connectivity index (χ1n) is 3.25. The zero-order chi connectivity index (χ0) is 7.40. The van der Waals surface area contributed by atoms with Crippen molar-refractivity contribution in [1.29, 1.82) is 0 Å². The number of ether oxygens (including phenoxy) is 2. The summed E-state index contributed by atoms with van der Waals surface area (Å²) in [7, 11) is 0. The molecule has 0 N–H and O–H groups in total. The summed E-state index contributed by atoms with van der Waals surface area (Å²) in [6, 6.07) is 0. The zero-order valence-electron chi connectivity index (χ0n) is 6.34. The molecule has 1 aliphatic rings. The number of carbonyl (C=O) groups is 1. The zero-order valence-corrected chi connectivity index (χ0v) is 9.18. The van der Waals surface area contributed by atoms with Gasteiger partial charge in [0.1, 0.15) is 0 Å². The number of rotatable bonds is 3. The van der Waals surface area contributed by atoms with Gasteiger partial charge in [0.05, 0.1) is 0 Å². The third-order valence-corrected chi connectivity index (χ3v) is 1.22. The predicted octanol–water partition coefficient (Wildman–Crippen LogP) is 0.704. The molecule has 0 amide bonds. The van der Waals surface area contributed by atoms with Crippen LogP contribution in [0, 0.1) is 13.2 Å². The van der Waals surface area contributed by atoms with Crippen molar-refractivity contribution in [3.63, 3.8) is 0 Å². The summed E-state index contributed by atoms with van der Waals surface area (Å²) in [5.41, 5.74) is 0. The Hall–Kier alpha value is 0.564. The molecular formula is C7H10O3Y-2. The Morgan fingerprint density at radius 1 is 1.45 bits per heavy atom. The Balaban J connectivity index is 0.000001000. The number of hydrogen-bond acceptors (Lipinski definition) is 3. The summed E-state index contributed by atoms with van der Waals surface area (Å²) < 4.78 is 10.0. The van der Waals surface area contributed by atoms with Crippen LogP contribution in [-0.2, 0) is 47.0 Å². The van der Waals surface area contributed by atoms with Gasteiger partial charge in [0, 0.05) is 45.9 Å². The largest absolute Gasteiger partial charge is 0.520 e. The maximum Gasteiger partial charge on any atom is 0.0346 e. The molecule has 1 radical (unpaired) electrons. The molecule has 61 valence electrons. The van der Waals surface area contributed by atoms with E-state index in [9.17, 15) is 4.79 Å². The van der Waals surface area contributed by atoms with Crippen LogP contribution in [0.15, 0.2) is 0 Å². The second kappa shape index (κ2) is 6.12. The average Bonchev–Trinajstić information content (AvgIpc) is 2.34. The molecule has 0 atom stereocenters. The molecule has 1 heterocycles. The van der Waals surface area contributed by atoms with Gasteiger partial charge < -0.3 is 21.2 Å². The number of hydrogen-bond donors (Lipinski definition) is 0. The van der Waals surface area contributed by atoms with Gasteiger partial charge in [-0.25, -0.2) is 0 Å². The van der Waals surface area contributed by atoms with Crippen molar-refractivity contribution in [1.82, 2.24) is 0 Å². The second-order valence-corrected chi connectivity index (χ2v) is 2.11. The van der Waals surface area contributed by atoms with E-state index in [0.717, 1.165) is 0 Å². The standard InChI is InChI=1S/C7H10O3.Y/c1-6(8)2-3-7-9-4-5-10-7;/h1-5H2;/q-2;. The van der Waals surface area contributed by atoms with E-state index in [-0.39, 0.29) is 38.5 Å². The number of Topliss-reactive ketones (excluding diaryl/α,β-unsaturated/α-hetero) is 1. The van der Waals surface area contributed by atoms with Crippen LogP contribution >= 0.6 is 0 Å². The van der Waals surface area contributed by atoms with E-state index in [0.29, 0.717) is 32.3 Å². The van der Waals surface area contributed by atoms with Crippen LogP contribution in [0.2, 0.25) is 0 Å². The summed E-state index contributed by atoms with van der Waals surface area (Å²) in [5.74, 6) is -0.0772. The summed E-state index contributed by atoms with van der Waals surface area (Å²) in [6.45, 7) is 4.46. The van der Waals surface area contributed by atoms with Crippen LogP contribution in [-0.4, -0.2) is 19.0 Å². The van der Waals surface area contributed by atoms with Crippen LogP contribution in [0.5, 0.6) is 0 Å². The van der Waals surface area contributed by atoms with Crippen LogP contribution in [0.1, 0.15) is 12.8 Å². The van der Waals surface area contributed by atoms with E-state index in [2.05, 4.69) is 6.92 Å². The predicted molar refractivity (Wildman–Crippen MR) is 34.7 cm³/mol. The minimum Gasteiger partial charge on any atom is -0.520 e. The third-order valence-electron chi connectivity index (χ3n) is 1.22. The van der Waals surface area contributed by atoms with E-state index in [4.69, 9.17) is 9.47 Å². The average molecular weight is 231 g/mol. The first kappa shape index (κ1) is 11.6. The summed E-state index contributed by atoms with van der Waals surface area (Å²) in [4.78, 5) is 10.4. The fourth-order valence-electron chi connectivity index (χ4n) is 0.738. The number of ketones is 1. The van der Waals surface area contributed by atoms with E-state index in [1.807, 2.05) is 0 Å². The summed E-state index contributed by atoms with van der Waals surface area (Å²) in [5, 5.41) is 0. The quantitative estimate of drug-likeness (QED) is 0.671. The van der Waals surface area contributed by atoms with Gasteiger partial charge >= 0.3 is 0 Å². The first-order chi connectivity index (χ1) is 4.79. The van der Waals surface area contributed by atoms with Gasteiger partial charge in [-0.1, -0.05) is 6.29 Å². The molecule has 4 heteroatoms. The van der Waals surface area contributed by atoms with Crippen molar-refractivity contribution < 1.29 is 47.0 Å². The maximum atomic E-state index is 10.4. The molecule has 0 aliphatic carbocycles. The van der Waals surface area contributed by atoms with Crippen molar-refractivity contribution in [2.45, 2.75) is 12.8 Å². The van der Waals surface area contributed by atoms with E-state index < -0.39 is 0 Å². The van der Waals surface area contributed by atoms with E-state index in [1.165, 1.54) is 0 Å². The van der Waals surface area contributed by atoms with E-state index >= 15 is 0 Å². The fourth-order valence-corrected chi connectivity index (χ4v) is 0.738. The molecule has 1 saturated heterocycles. The normalized spacial score (nSPS) is 17.8. The Kier molecular flexibility index (Phi) is 6.44. The topological polar surface area (TPSA) is 35.5 Å². The van der Waals surface area contributed by atoms with Crippen LogP contribution < -0.4 is 0 Å². The van der Waals surface area contributed by atoms with Gasteiger partial charge in [0.25, 0.3) is 0 Å². The SMILES string of the molecule is [CH2-]C(=O)CC[C-]1OCCO1.[Y]. The van der Waals surface area contributed by atoms with Crippen molar-refractivity contribution >= 4 is 5.78 Å². The van der Waals surface area contributed by atoms with Crippen molar-refractivity contribution in [2.75, 3.05) is 13.2 Å². The molecule has 0 aromatic carbocycles. The molecule has 1 fully saturated rings. The van der Waals surface area contributed by atoms with Gasteiger partial charge in [-0.2, -0.15) is 0 Å². The van der Waals surface area contributed by atoms with Crippen molar-refractivity contribution in [2.24, 2.45) is 0 Å². The minimum absolute atomic E-state index is 0. The Bertz CT molecular complexity index is 121.